The van der Waals surface area contributed by atoms with Gasteiger partial charge in [-0.15, -0.1) is 0 Å². The van der Waals surface area contributed by atoms with Gasteiger partial charge in [-0.2, -0.15) is 0 Å². The van der Waals surface area contributed by atoms with E-state index in [1.807, 2.05) is 55.5 Å². The molecule has 3 heterocycles. The maximum Gasteiger partial charge on any atom is 0.253 e. The summed E-state index contributed by atoms with van der Waals surface area (Å²) in [7, 11) is 0. The van der Waals surface area contributed by atoms with Gasteiger partial charge in [0.25, 0.3) is 5.91 Å². The van der Waals surface area contributed by atoms with Crippen LogP contribution >= 0.6 is 11.6 Å². The number of rotatable bonds is 4. The van der Waals surface area contributed by atoms with E-state index < -0.39 is 17.4 Å². The minimum absolute atomic E-state index is 0.198. The lowest BCUT2D eigenvalue weighted by Gasteiger charge is -2.30. The number of carbonyl (C=O) groups excluding carboxylic acids is 3. The third kappa shape index (κ3) is 3.28. The van der Waals surface area contributed by atoms with Gasteiger partial charge in [0, 0.05) is 22.3 Å². The fraction of sp³-hybridized carbons (Fsp3) is 0.219. The molecule has 3 amide bonds. The Kier molecular flexibility index (Phi) is 5.41. The molecule has 1 N–H and O–H groups in total. The number of nitrogens with one attached hydrogen (secondary N) is 1. The normalized spacial score (nSPS) is 25.7. The van der Waals surface area contributed by atoms with E-state index in [1.54, 1.807) is 29.2 Å². The number of imide groups is 1. The Morgan fingerprint density at radius 2 is 1.62 bits per heavy atom. The topological polar surface area (TPSA) is 69.7 Å². The van der Waals surface area contributed by atoms with Crippen molar-refractivity contribution in [1.29, 1.82) is 0 Å². The van der Waals surface area contributed by atoms with E-state index in [2.05, 4.69) is 23.5 Å². The van der Waals surface area contributed by atoms with Gasteiger partial charge in [-0.3, -0.25) is 19.7 Å². The van der Waals surface area contributed by atoms with Crippen LogP contribution in [0.2, 0.25) is 5.02 Å². The fourth-order valence-electron chi connectivity index (χ4n) is 6.93. The van der Waals surface area contributed by atoms with Crippen LogP contribution in [0.5, 0.6) is 0 Å². The first kappa shape index (κ1) is 24.1. The zero-order valence-corrected chi connectivity index (χ0v) is 22.1. The molecule has 194 valence electrons. The van der Waals surface area contributed by atoms with E-state index >= 15 is 0 Å². The second kappa shape index (κ2) is 8.76. The monoisotopic (exact) mass is 535 g/mol. The van der Waals surface area contributed by atoms with Crippen LogP contribution in [0, 0.1) is 11.8 Å². The molecule has 0 aliphatic carbocycles. The maximum atomic E-state index is 14.6. The van der Waals surface area contributed by atoms with Crippen LogP contribution in [0.1, 0.15) is 24.5 Å². The second-order valence-electron chi connectivity index (χ2n) is 10.5. The average molecular weight is 536 g/mol. The highest BCUT2D eigenvalue weighted by molar-refractivity contribution is 6.31. The summed E-state index contributed by atoms with van der Waals surface area (Å²) < 4.78 is 0. The van der Waals surface area contributed by atoms with Crippen molar-refractivity contribution >= 4 is 51.5 Å². The van der Waals surface area contributed by atoms with Crippen LogP contribution in [0.15, 0.2) is 91.0 Å². The summed E-state index contributed by atoms with van der Waals surface area (Å²) >= 11 is 6.22. The quantitative estimate of drug-likeness (QED) is 0.354. The fourth-order valence-corrected chi connectivity index (χ4v) is 7.11. The van der Waals surface area contributed by atoms with E-state index in [0.717, 1.165) is 27.6 Å². The van der Waals surface area contributed by atoms with Gasteiger partial charge in [-0.05, 0) is 47.0 Å². The predicted molar refractivity (Wildman–Crippen MR) is 151 cm³/mol. The van der Waals surface area contributed by atoms with Gasteiger partial charge in [0.2, 0.25) is 11.8 Å². The van der Waals surface area contributed by atoms with E-state index in [4.69, 9.17) is 11.6 Å². The second-order valence-corrected chi connectivity index (χ2v) is 10.9. The number of anilines is 2. The lowest BCUT2D eigenvalue weighted by Crippen LogP contribution is -2.55. The average Bonchev–Trinajstić information content (AvgIpc) is 3.52. The summed E-state index contributed by atoms with van der Waals surface area (Å²) in [4.78, 5) is 45.7. The van der Waals surface area contributed by atoms with Crippen molar-refractivity contribution in [2.24, 2.45) is 11.8 Å². The molecular formula is C32H26ClN3O3. The molecule has 4 atom stereocenters. The van der Waals surface area contributed by atoms with Crippen molar-refractivity contribution in [1.82, 2.24) is 5.32 Å². The first-order valence-corrected chi connectivity index (χ1v) is 13.6. The number of amides is 3. The first-order valence-electron chi connectivity index (χ1n) is 13.2. The van der Waals surface area contributed by atoms with Crippen molar-refractivity contribution in [2.45, 2.75) is 31.5 Å². The number of carbonyl (C=O) groups is 3. The summed E-state index contributed by atoms with van der Waals surface area (Å²) in [6.07, 6.45) is 0.601. The summed E-state index contributed by atoms with van der Waals surface area (Å²) in [5.41, 5.74) is 1.63. The number of hydrogen-bond donors (Lipinski definition) is 1. The van der Waals surface area contributed by atoms with Crippen LogP contribution in [-0.2, 0) is 26.5 Å². The molecule has 6 nitrogen and oxygen atoms in total. The molecule has 1 spiro atoms. The van der Waals surface area contributed by atoms with E-state index in [1.165, 1.54) is 4.90 Å². The minimum atomic E-state index is -1.33. The minimum Gasteiger partial charge on any atom is -0.306 e. The number of halogens is 1. The molecule has 39 heavy (non-hydrogen) atoms. The molecule has 2 saturated heterocycles. The Labute approximate surface area is 231 Å². The third-order valence-electron chi connectivity index (χ3n) is 8.58. The van der Waals surface area contributed by atoms with Crippen molar-refractivity contribution in [3.8, 4) is 0 Å². The summed E-state index contributed by atoms with van der Waals surface area (Å²) in [5, 5.41) is 6.15. The third-order valence-corrected chi connectivity index (χ3v) is 8.82. The van der Waals surface area contributed by atoms with Gasteiger partial charge in [0.15, 0.2) is 0 Å². The highest BCUT2D eigenvalue weighted by Crippen LogP contribution is 2.55. The number of fused-ring (bicyclic) bond motifs is 5. The molecule has 0 radical (unpaired) electrons. The van der Waals surface area contributed by atoms with Crippen molar-refractivity contribution in [3.05, 3.63) is 107 Å². The number of hydrogen-bond acceptors (Lipinski definition) is 4. The number of benzene rings is 4. The number of para-hydroxylation sites is 1. The molecule has 0 unspecified atom stereocenters. The smallest absolute Gasteiger partial charge is 0.253 e. The predicted octanol–water partition coefficient (Wildman–Crippen LogP) is 5.42. The standard InChI is InChI=1S/C32H26ClN3O3/c1-2-25-27-28(30(38)36(29(27)37)22-13-8-12-21(33)17-22)32(34-25)24-15-5-6-16-26(24)35(31(32)39)18-20-11-7-10-19-9-3-4-14-23(19)20/h3-17,25,27-28,34H,2,18H2,1H3/t25-,27-,28+,32-/m0/s1. The molecule has 2 fully saturated rings. The largest absolute Gasteiger partial charge is 0.306 e. The highest BCUT2D eigenvalue weighted by atomic mass is 35.5. The maximum absolute atomic E-state index is 14.6. The summed E-state index contributed by atoms with van der Waals surface area (Å²) in [5.74, 6) is -2.38. The molecule has 4 aromatic carbocycles. The van der Waals surface area contributed by atoms with Crippen LogP contribution in [-0.4, -0.2) is 23.8 Å². The van der Waals surface area contributed by atoms with Gasteiger partial charge < -0.3 is 4.90 Å². The van der Waals surface area contributed by atoms with Crippen LogP contribution in [0.3, 0.4) is 0 Å². The zero-order chi connectivity index (χ0) is 26.9. The van der Waals surface area contributed by atoms with Crippen molar-refractivity contribution in [3.63, 3.8) is 0 Å². The molecule has 4 aromatic rings. The van der Waals surface area contributed by atoms with Crippen molar-refractivity contribution in [2.75, 3.05) is 9.80 Å². The van der Waals surface area contributed by atoms with Gasteiger partial charge in [-0.25, -0.2) is 4.90 Å². The molecular weight excluding hydrogens is 510 g/mol. The van der Waals surface area contributed by atoms with E-state index in [9.17, 15) is 14.4 Å². The Bertz CT molecular complexity index is 1680. The van der Waals surface area contributed by atoms with Gasteiger partial charge in [0.05, 0.1) is 24.1 Å². The molecule has 0 saturated carbocycles. The van der Waals surface area contributed by atoms with Gasteiger partial charge in [0.1, 0.15) is 5.54 Å². The molecule has 0 aromatic heterocycles. The van der Waals surface area contributed by atoms with Gasteiger partial charge >= 0.3 is 0 Å². The molecule has 3 aliphatic heterocycles. The van der Waals surface area contributed by atoms with Crippen LogP contribution in [0.4, 0.5) is 11.4 Å². The molecule has 7 rings (SSSR count). The lowest BCUT2D eigenvalue weighted by molar-refractivity contribution is -0.132. The van der Waals surface area contributed by atoms with E-state index in [-0.39, 0.29) is 23.8 Å². The zero-order valence-electron chi connectivity index (χ0n) is 21.3. The van der Waals surface area contributed by atoms with E-state index in [0.29, 0.717) is 23.7 Å². The molecule has 3 aliphatic rings. The Balaban J connectivity index is 1.36. The van der Waals surface area contributed by atoms with Crippen LogP contribution < -0.4 is 15.1 Å². The first-order chi connectivity index (χ1) is 19.0. The molecule has 7 heteroatoms. The SMILES string of the molecule is CC[C@@H]1N[C@]2(C(=O)N(Cc3cccc4ccccc34)c3ccccc32)[C@H]2C(=O)N(c3cccc(Cl)c3)C(=O)[C@@H]12. The Morgan fingerprint density at radius 1 is 0.872 bits per heavy atom. The van der Waals surface area contributed by atoms with Crippen molar-refractivity contribution < 1.29 is 14.4 Å². The number of nitrogens with zero attached hydrogens (tertiary/aromatic N) is 2. The van der Waals surface area contributed by atoms with Gasteiger partial charge in [-0.1, -0.05) is 85.3 Å². The summed E-state index contributed by atoms with van der Waals surface area (Å²) in [6.45, 7) is 2.34. The Hall–Kier alpha value is -4.00. The summed E-state index contributed by atoms with van der Waals surface area (Å²) in [6, 6.07) is 28.3. The Morgan fingerprint density at radius 3 is 2.44 bits per heavy atom. The lowest BCUT2D eigenvalue weighted by atomic mass is 9.76. The van der Waals surface area contributed by atoms with Crippen LogP contribution in [0.25, 0.3) is 10.8 Å². The highest BCUT2D eigenvalue weighted by Gasteiger charge is 2.71. The molecule has 0 bridgehead atoms.